The number of hydrogen-bond acceptors (Lipinski definition) is 3. The van der Waals surface area contributed by atoms with E-state index in [0.717, 1.165) is 33.5 Å². The van der Waals surface area contributed by atoms with Gasteiger partial charge in [-0.05, 0) is 60.2 Å². The van der Waals surface area contributed by atoms with Crippen molar-refractivity contribution >= 4 is 17.4 Å². The monoisotopic (exact) mass is 440 g/mol. The summed E-state index contributed by atoms with van der Waals surface area (Å²) in [6.07, 6.45) is 3.87. The van der Waals surface area contributed by atoms with Gasteiger partial charge in [0.15, 0.2) is 5.78 Å². The molecule has 33 heavy (non-hydrogen) atoms. The van der Waals surface area contributed by atoms with E-state index >= 15 is 0 Å². The van der Waals surface area contributed by atoms with Gasteiger partial charge in [0.25, 0.3) is 0 Å². The fourth-order valence-electron chi connectivity index (χ4n) is 4.44. The van der Waals surface area contributed by atoms with E-state index in [4.69, 9.17) is 5.11 Å². The molecule has 5 heteroatoms. The molecule has 1 amide bonds. The summed E-state index contributed by atoms with van der Waals surface area (Å²) in [6, 6.07) is 20.2. The molecule has 0 fully saturated rings. The highest BCUT2D eigenvalue weighted by atomic mass is 16.4. The molecule has 0 saturated carbocycles. The fourth-order valence-corrected chi connectivity index (χ4v) is 4.44. The highest BCUT2D eigenvalue weighted by Crippen LogP contribution is 2.33. The number of carboxylic acid groups (broad SMARTS) is 1. The predicted octanol–water partition coefficient (Wildman–Crippen LogP) is 5.87. The summed E-state index contributed by atoms with van der Waals surface area (Å²) in [7, 11) is 0. The number of Topliss-reactive ketones (excluding diaryl/α,β-unsaturated/α-hetero) is 1. The van der Waals surface area contributed by atoms with Crippen LogP contribution in [0.25, 0.3) is 5.57 Å². The first kappa shape index (κ1) is 22.5. The van der Waals surface area contributed by atoms with Crippen LogP contribution in [0.4, 0.5) is 4.79 Å². The van der Waals surface area contributed by atoms with Crippen LogP contribution in [-0.4, -0.2) is 40.0 Å². The summed E-state index contributed by atoms with van der Waals surface area (Å²) in [4.78, 5) is 30.0. The molecule has 1 N–H and O–H groups in total. The lowest BCUT2D eigenvalue weighted by Crippen LogP contribution is -2.33. The number of hydrogen-bond donors (Lipinski definition) is 1. The maximum Gasteiger partial charge on any atom is 0.407 e. The largest absolute Gasteiger partial charge is 0.465 e. The van der Waals surface area contributed by atoms with Gasteiger partial charge in [-0.1, -0.05) is 54.6 Å². The Morgan fingerprint density at radius 2 is 1.82 bits per heavy atom. The molecule has 3 aromatic rings. The van der Waals surface area contributed by atoms with E-state index in [1.807, 2.05) is 31.2 Å². The van der Waals surface area contributed by atoms with E-state index in [1.165, 1.54) is 4.90 Å². The van der Waals surface area contributed by atoms with Crippen LogP contribution in [0, 0.1) is 13.8 Å². The van der Waals surface area contributed by atoms with Crippen molar-refractivity contribution in [1.29, 1.82) is 0 Å². The number of benzene rings is 2. The Balaban J connectivity index is 1.62. The van der Waals surface area contributed by atoms with Gasteiger partial charge in [0.1, 0.15) is 0 Å². The summed E-state index contributed by atoms with van der Waals surface area (Å²) in [5.74, 6) is 0.0469. The molecule has 0 aliphatic carbocycles. The topological polar surface area (TPSA) is 70.5 Å². The molecule has 1 aliphatic heterocycles. The summed E-state index contributed by atoms with van der Waals surface area (Å²) in [5.41, 5.74) is 7.19. The van der Waals surface area contributed by atoms with Crippen LogP contribution in [-0.2, 0) is 0 Å². The lowest BCUT2D eigenvalue weighted by Gasteiger charge is -2.24. The second-order valence-electron chi connectivity index (χ2n) is 8.55. The Bertz CT molecular complexity index is 1200. The lowest BCUT2D eigenvalue weighted by molar-refractivity contribution is 0.0977. The summed E-state index contributed by atoms with van der Waals surface area (Å²) in [6.45, 7) is 4.90. The number of ketones is 1. The van der Waals surface area contributed by atoms with E-state index in [2.05, 4.69) is 48.3 Å². The van der Waals surface area contributed by atoms with Crippen molar-refractivity contribution in [3.8, 4) is 0 Å². The minimum atomic E-state index is -0.879. The van der Waals surface area contributed by atoms with Crippen molar-refractivity contribution < 1.29 is 14.7 Å². The second kappa shape index (κ2) is 9.82. The van der Waals surface area contributed by atoms with Gasteiger partial charge in [-0.25, -0.2) is 4.79 Å². The minimum absolute atomic E-state index is 0.0518. The maximum absolute atomic E-state index is 13.2. The Morgan fingerprint density at radius 1 is 1.06 bits per heavy atom. The van der Waals surface area contributed by atoms with Crippen LogP contribution >= 0.6 is 0 Å². The molecule has 0 spiro atoms. The number of nitrogens with zero attached hydrogens (tertiary/aromatic N) is 2. The molecular weight excluding hydrogens is 412 g/mol. The van der Waals surface area contributed by atoms with E-state index in [-0.39, 0.29) is 11.7 Å². The van der Waals surface area contributed by atoms with Crippen LogP contribution in [0.3, 0.4) is 0 Å². The summed E-state index contributed by atoms with van der Waals surface area (Å²) in [5, 5.41) is 9.16. The average Bonchev–Trinajstić information content (AvgIpc) is 2.83. The van der Waals surface area contributed by atoms with Crippen LogP contribution in [0.2, 0.25) is 0 Å². The first-order valence-corrected chi connectivity index (χ1v) is 11.2. The third-order valence-corrected chi connectivity index (χ3v) is 6.34. The number of carbonyl (C=O) groups excluding carboxylic acids is 1. The molecule has 1 aliphatic rings. The molecular formula is C28H28N2O3. The van der Waals surface area contributed by atoms with Crippen molar-refractivity contribution in [2.24, 2.45) is 0 Å². The third kappa shape index (κ3) is 5.20. The van der Waals surface area contributed by atoms with Crippen molar-refractivity contribution in [2.45, 2.75) is 32.6 Å². The molecule has 2 heterocycles. The van der Waals surface area contributed by atoms with Gasteiger partial charge in [0.05, 0.1) is 0 Å². The normalized spacial score (nSPS) is 14.5. The number of aromatic nitrogens is 1. The zero-order chi connectivity index (χ0) is 23.4. The Morgan fingerprint density at radius 3 is 2.45 bits per heavy atom. The number of amides is 1. The molecule has 0 radical (unpaired) electrons. The van der Waals surface area contributed by atoms with Gasteiger partial charge in [0.2, 0.25) is 0 Å². The van der Waals surface area contributed by atoms with E-state index in [0.29, 0.717) is 31.5 Å². The summed E-state index contributed by atoms with van der Waals surface area (Å²) >= 11 is 0. The Hall–Kier alpha value is -3.73. The van der Waals surface area contributed by atoms with Crippen LogP contribution < -0.4 is 0 Å². The molecule has 168 valence electrons. The fraction of sp³-hybridized carbons (Fsp3) is 0.250. The molecule has 0 bridgehead atoms. The van der Waals surface area contributed by atoms with Crippen LogP contribution in [0.15, 0.2) is 72.9 Å². The maximum atomic E-state index is 13.2. The number of rotatable bonds is 6. The average molecular weight is 441 g/mol. The standard InChI is InChI=1S/C28H28N2O3/c1-19-5-3-4-6-25(19)26(18-27(31)24-11-14-29-20(2)17-24)23-9-7-21(8-10-23)22-12-15-30(16-13-22)28(32)33/h3-12,14,17,26H,13,15-16,18H2,1-2H3,(H,32,33). The Kier molecular flexibility index (Phi) is 6.68. The van der Waals surface area contributed by atoms with Crippen molar-refractivity contribution in [3.63, 3.8) is 0 Å². The SMILES string of the molecule is Cc1cc(C(=O)CC(c2ccc(C3=CCN(C(=O)O)CC3)cc2)c2ccccc2C)ccn1. The molecule has 1 atom stereocenters. The van der Waals surface area contributed by atoms with Gasteiger partial charge >= 0.3 is 6.09 Å². The second-order valence-corrected chi connectivity index (χ2v) is 8.55. The summed E-state index contributed by atoms with van der Waals surface area (Å²) < 4.78 is 0. The molecule has 0 saturated heterocycles. The van der Waals surface area contributed by atoms with Crippen molar-refractivity contribution in [2.75, 3.05) is 13.1 Å². The number of pyridine rings is 1. The molecule has 1 aromatic heterocycles. The van der Waals surface area contributed by atoms with E-state index in [1.54, 1.807) is 12.3 Å². The predicted molar refractivity (Wildman–Crippen MR) is 130 cm³/mol. The number of carbonyl (C=O) groups is 2. The molecule has 2 aromatic carbocycles. The quantitative estimate of drug-likeness (QED) is 0.487. The highest BCUT2D eigenvalue weighted by molar-refractivity contribution is 5.96. The third-order valence-electron chi connectivity index (χ3n) is 6.34. The minimum Gasteiger partial charge on any atom is -0.465 e. The highest BCUT2D eigenvalue weighted by Gasteiger charge is 2.22. The van der Waals surface area contributed by atoms with Gasteiger partial charge < -0.3 is 10.0 Å². The van der Waals surface area contributed by atoms with Crippen molar-refractivity contribution in [1.82, 2.24) is 9.88 Å². The first-order chi connectivity index (χ1) is 15.9. The van der Waals surface area contributed by atoms with Gasteiger partial charge in [-0.3, -0.25) is 9.78 Å². The molecule has 1 unspecified atom stereocenters. The van der Waals surface area contributed by atoms with Gasteiger partial charge in [-0.2, -0.15) is 0 Å². The van der Waals surface area contributed by atoms with Crippen LogP contribution in [0.1, 0.15) is 57.1 Å². The van der Waals surface area contributed by atoms with Gasteiger partial charge in [0, 0.05) is 42.9 Å². The first-order valence-electron chi connectivity index (χ1n) is 11.2. The zero-order valence-electron chi connectivity index (χ0n) is 19.0. The van der Waals surface area contributed by atoms with Gasteiger partial charge in [-0.15, -0.1) is 0 Å². The zero-order valence-corrected chi connectivity index (χ0v) is 19.0. The molecule has 4 rings (SSSR count). The number of aryl methyl sites for hydroxylation is 2. The smallest absolute Gasteiger partial charge is 0.407 e. The molecule has 5 nitrogen and oxygen atoms in total. The van der Waals surface area contributed by atoms with Crippen molar-refractivity contribution in [3.05, 3.63) is 106 Å². The van der Waals surface area contributed by atoms with E-state index < -0.39 is 6.09 Å². The Labute approximate surface area is 194 Å². The van der Waals surface area contributed by atoms with E-state index in [9.17, 15) is 9.59 Å². The lowest BCUT2D eigenvalue weighted by atomic mass is 9.83. The van der Waals surface area contributed by atoms with Crippen LogP contribution in [0.5, 0.6) is 0 Å².